The first-order valence-electron chi connectivity index (χ1n) is 8.48. The van der Waals surface area contributed by atoms with Gasteiger partial charge in [0.25, 0.3) is 5.91 Å². The molecule has 1 unspecified atom stereocenters. The number of para-hydroxylation sites is 1. The van der Waals surface area contributed by atoms with Gasteiger partial charge in [-0.05, 0) is 35.4 Å². The van der Waals surface area contributed by atoms with Crippen LogP contribution in [0.4, 0.5) is 0 Å². The van der Waals surface area contributed by atoms with Crippen molar-refractivity contribution in [3.8, 4) is 5.69 Å². The number of fused-ring (bicyclic) bond motifs is 1. The molecular weight excluding hydrogens is 324 g/mol. The first-order valence-corrected chi connectivity index (χ1v) is 8.48. The van der Waals surface area contributed by atoms with E-state index >= 15 is 0 Å². The summed E-state index contributed by atoms with van der Waals surface area (Å²) in [5, 5.41) is 13.3. The van der Waals surface area contributed by atoms with Crippen molar-refractivity contribution in [3.05, 3.63) is 90.3 Å². The summed E-state index contributed by atoms with van der Waals surface area (Å²) in [5.74, 6) is -0.243. The number of nitrogens with one attached hydrogen (secondary N) is 1. The van der Waals surface area contributed by atoms with Gasteiger partial charge in [0.2, 0.25) is 0 Å². The summed E-state index contributed by atoms with van der Waals surface area (Å²) in [5.41, 5.74) is 2.23. The topological polar surface area (TPSA) is 59.8 Å². The van der Waals surface area contributed by atoms with Crippen LogP contribution in [-0.2, 0) is 0 Å². The van der Waals surface area contributed by atoms with Crippen LogP contribution in [-0.4, -0.2) is 20.9 Å². The zero-order chi connectivity index (χ0) is 17.9. The van der Waals surface area contributed by atoms with E-state index < -0.39 is 0 Å². The number of carbonyl (C=O) groups is 1. The zero-order valence-corrected chi connectivity index (χ0v) is 14.3. The molecule has 3 aromatic carbocycles. The largest absolute Gasteiger partial charge is 0.344 e. The van der Waals surface area contributed by atoms with Gasteiger partial charge in [0.1, 0.15) is 0 Å². The van der Waals surface area contributed by atoms with E-state index in [4.69, 9.17) is 0 Å². The molecule has 0 aliphatic rings. The highest BCUT2D eigenvalue weighted by Crippen LogP contribution is 2.24. The van der Waals surface area contributed by atoms with E-state index in [9.17, 15) is 4.79 Å². The lowest BCUT2D eigenvalue weighted by Crippen LogP contribution is -2.27. The van der Waals surface area contributed by atoms with E-state index in [-0.39, 0.29) is 11.9 Å². The molecule has 1 N–H and O–H groups in total. The lowest BCUT2D eigenvalue weighted by molar-refractivity contribution is 0.0935. The van der Waals surface area contributed by atoms with Crippen LogP contribution in [0.3, 0.4) is 0 Å². The standard InChI is InChI=1S/C21H18N4O/c1-15(18-13-7-9-16-8-5-6-12-19(16)18)22-21(26)20-14-25(24-23-20)17-10-3-2-4-11-17/h2-15H,1H3,(H,22,26). The van der Waals surface area contributed by atoms with E-state index in [1.165, 1.54) is 0 Å². The van der Waals surface area contributed by atoms with Crippen molar-refractivity contribution in [1.82, 2.24) is 20.3 Å². The fourth-order valence-electron chi connectivity index (χ4n) is 3.05. The SMILES string of the molecule is CC(NC(=O)c1cn(-c2ccccc2)nn1)c1cccc2ccccc12. The van der Waals surface area contributed by atoms with Crippen LogP contribution in [0.2, 0.25) is 0 Å². The predicted octanol–water partition coefficient (Wildman–Crippen LogP) is 3.91. The Hall–Kier alpha value is -3.47. The van der Waals surface area contributed by atoms with E-state index in [1.54, 1.807) is 10.9 Å². The summed E-state index contributed by atoms with van der Waals surface area (Å²) >= 11 is 0. The minimum atomic E-state index is -0.243. The maximum absolute atomic E-state index is 12.6. The number of benzene rings is 3. The van der Waals surface area contributed by atoms with Gasteiger partial charge >= 0.3 is 0 Å². The maximum Gasteiger partial charge on any atom is 0.273 e. The summed E-state index contributed by atoms with van der Waals surface area (Å²) in [6.07, 6.45) is 1.64. The van der Waals surface area contributed by atoms with Gasteiger partial charge in [0, 0.05) is 0 Å². The zero-order valence-electron chi connectivity index (χ0n) is 14.3. The van der Waals surface area contributed by atoms with Crippen molar-refractivity contribution < 1.29 is 4.79 Å². The Morgan fingerprint density at radius 3 is 2.54 bits per heavy atom. The summed E-state index contributed by atoms with van der Waals surface area (Å²) in [7, 11) is 0. The van der Waals surface area contributed by atoms with Crippen LogP contribution in [0.5, 0.6) is 0 Å². The van der Waals surface area contributed by atoms with Crippen LogP contribution in [0, 0.1) is 0 Å². The summed E-state index contributed by atoms with van der Waals surface area (Å²) < 4.78 is 1.59. The van der Waals surface area contributed by atoms with Crippen molar-refractivity contribution in [2.45, 2.75) is 13.0 Å². The van der Waals surface area contributed by atoms with Crippen LogP contribution >= 0.6 is 0 Å². The fourth-order valence-corrected chi connectivity index (χ4v) is 3.05. The molecule has 1 heterocycles. The number of hydrogen-bond donors (Lipinski definition) is 1. The van der Waals surface area contributed by atoms with Crippen LogP contribution < -0.4 is 5.32 Å². The van der Waals surface area contributed by atoms with Gasteiger partial charge in [-0.3, -0.25) is 4.79 Å². The second-order valence-corrected chi connectivity index (χ2v) is 6.15. The quantitative estimate of drug-likeness (QED) is 0.612. The average Bonchev–Trinajstić information content (AvgIpc) is 3.18. The van der Waals surface area contributed by atoms with Crippen molar-refractivity contribution in [2.24, 2.45) is 0 Å². The molecule has 1 atom stereocenters. The van der Waals surface area contributed by atoms with E-state index in [0.717, 1.165) is 22.0 Å². The van der Waals surface area contributed by atoms with Crippen LogP contribution in [0.15, 0.2) is 79.0 Å². The van der Waals surface area contributed by atoms with Gasteiger partial charge < -0.3 is 5.32 Å². The molecular formula is C21H18N4O. The van der Waals surface area contributed by atoms with Gasteiger partial charge in [-0.15, -0.1) is 5.10 Å². The highest BCUT2D eigenvalue weighted by Gasteiger charge is 2.16. The molecule has 0 radical (unpaired) electrons. The molecule has 4 rings (SSSR count). The predicted molar refractivity (Wildman–Crippen MR) is 101 cm³/mol. The lowest BCUT2D eigenvalue weighted by atomic mass is 9.99. The third-order valence-electron chi connectivity index (χ3n) is 4.38. The molecule has 0 spiro atoms. The third-order valence-corrected chi connectivity index (χ3v) is 4.38. The van der Waals surface area contributed by atoms with Crippen molar-refractivity contribution in [1.29, 1.82) is 0 Å². The highest BCUT2D eigenvalue weighted by atomic mass is 16.2. The van der Waals surface area contributed by atoms with Gasteiger partial charge in [0.05, 0.1) is 17.9 Å². The smallest absolute Gasteiger partial charge is 0.273 e. The normalized spacial score (nSPS) is 12.0. The number of amides is 1. The number of hydrogen-bond acceptors (Lipinski definition) is 3. The Balaban J connectivity index is 1.55. The Labute approximate surface area is 151 Å². The molecule has 0 saturated carbocycles. The van der Waals surface area contributed by atoms with E-state index in [1.807, 2.05) is 61.5 Å². The van der Waals surface area contributed by atoms with Crippen molar-refractivity contribution in [2.75, 3.05) is 0 Å². The molecule has 5 nitrogen and oxygen atoms in total. The fraction of sp³-hybridized carbons (Fsp3) is 0.0952. The number of carbonyl (C=O) groups excluding carboxylic acids is 1. The number of aromatic nitrogens is 3. The minimum Gasteiger partial charge on any atom is -0.344 e. The highest BCUT2D eigenvalue weighted by molar-refractivity contribution is 5.93. The Morgan fingerprint density at radius 1 is 0.962 bits per heavy atom. The lowest BCUT2D eigenvalue weighted by Gasteiger charge is -2.15. The van der Waals surface area contributed by atoms with Crippen molar-refractivity contribution in [3.63, 3.8) is 0 Å². The summed E-state index contributed by atoms with van der Waals surface area (Å²) in [6.45, 7) is 1.97. The average molecular weight is 342 g/mol. The molecule has 26 heavy (non-hydrogen) atoms. The Morgan fingerprint density at radius 2 is 1.69 bits per heavy atom. The molecule has 0 aliphatic heterocycles. The number of nitrogens with zero attached hydrogens (tertiary/aromatic N) is 3. The van der Waals surface area contributed by atoms with Crippen LogP contribution in [0.25, 0.3) is 16.5 Å². The summed E-state index contributed by atoms with van der Waals surface area (Å²) in [6, 6.07) is 23.7. The Kier molecular flexibility index (Phi) is 4.19. The van der Waals surface area contributed by atoms with Gasteiger partial charge in [-0.1, -0.05) is 65.9 Å². The maximum atomic E-state index is 12.6. The van der Waals surface area contributed by atoms with Gasteiger partial charge in [0.15, 0.2) is 5.69 Å². The summed E-state index contributed by atoms with van der Waals surface area (Å²) in [4.78, 5) is 12.6. The van der Waals surface area contributed by atoms with E-state index in [0.29, 0.717) is 5.69 Å². The molecule has 128 valence electrons. The van der Waals surface area contributed by atoms with Crippen LogP contribution in [0.1, 0.15) is 29.0 Å². The molecule has 4 aromatic rings. The second kappa shape index (κ2) is 6.80. The molecule has 1 amide bonds. The van der Waals surface area contributed by atoms with Gasteiger partial charge in [-0.2, -0.15) is 0 Å². The Bertz CT molecular complexity index is 1050. The second-order valence-electron chi connectivity index (χ2n) is 6.15. The van der Waals surface area contributed by atoms with Crippen molar-refractivity contribution >= 4 is 16.7 Å². The molecule has 0 fully saturated rings. The molecule has 0 bridgehead atoms. The minimum absolute atomic E-state index is 0.143. The van der Waals surface area contributed by atoms with E-state index in [2.05, 4.69) is 33.8 Å². The molecule has 5 heteroatoms. The first kappa shape index (κ1) is 16.0. The first-order chi connectivity index (χ1) is 12.7. The van der Waals surface area contributed by atoms with Gasteiger partial charge in [-0.25, -0.2) is 4.68 Å². The molecule has 1 aromatic heterocycles. The molecule has 0 saturated heterocycles. The molecule has 0 aliphatic carbocycles. The third kappa shape index (κ3) is 3.07. The monoisotopic (exact) mass is 342 g/mol. The number of rotatable bonds is 4.